The average molecular weight is 311 g/mol. The van der Waals surface area contributed by atoms with Gasteiger partial charge in [0, 0.05) is 16.7 Å². The van der Waals surface area contributed by atoms with Crippen molar-refractivity contribution in [2.45, 2.75) is 50.2 Å². The van der Waals surface area contributed by atoms with Crippen LogP contribution in [0.5, 0.6) is 5.75 Å². The maximum atomic E-state index is 6.19. The number of halogens is 1. The summed E-state index contributed by atoms with van der Waals surface area (Å²) in [5.41, 5.74) is 0.0599. The van der Waals surface area contributed by atoms with E-state index in [0.717, 1.165) is 29.2 Å². The van der Waals surface area contributed by atoms with Crippen LogP contribution >= 0.6 is 15.9 Å². The van der Waals surface area contributed by atoms with Gasteiger partial charge in [-0.1, -0.05) is 0 Å². The lowest BCUT2D eigenvalue weighted by Crippen LogP contribution is -2.45. The van der Waals surface area contributed by atoms with Gasteiger partial charge in [0.2, 0.25) is 0 Å². The molecule has 1 aromatic heterocycles. The third-order valence-electron chi connectivity index (χ3n) is 3.87. The van der Waals surface area contributed by atoms with Crippen molar-refractivity contribution >= 4 is 15.9 Å². The largest absolute Gasteiger partial charge is 0.486 e. The number of pyridine rings is 1. The van der Waals surface area contributed by atoms with Gasteiger partial charge >= 0.3 is 0 Å². The van der Waals surface area contributed by atoms with E-state index in [-0.39, 0.29) is 5.60 Å². The minimum absolute atomic E-state index is 0.0599. The molecule has 2 aliphatic carbocycles. The van der Waals surface area contributed by atoms with E-state index in [1.807, 2.05) is 6.07 Å². The Bertz CT molecular complexity index is 416. The molecule has 1 heterocycles. The van der Waals surface area contributed by atoms with Crippen LogP contribution in [0.1, 0.15) is 38.5 Å². The van der Waals surface area contributed by atoms with E-state index in [0.29, 0.717) is 0 Å². The molecule has 18 heavy (non-hydrogen) atoms. The van der Waals surface area contributed by atoms with Gasteiger partial charge < -0.3 is 10.1 Å². The molecular formula is C14H19BrN2O. The van der Waals surface area contributed by atoms with Crippen LogP contribution in [0.3, 0.4) is 0 Å². The highest BCUT2D eigenvalue weighted by Gasteiger charge is 2.39. The van der Waals surface area contributed by atoms with Crippen molar-refractivity contribution in [1.29, 1.82) is 0 Å². The van der Waals surface area contributed by atoms with Crippen LogP contribution in [0.25, 0.3) is 0 Å². The summed E-state index contributed by atoms with van der Waals surface area (Å²) < 4.78 is 7.17. The van der Waals surface area contributed by atoms with Gasteiger partial charge in [0.25, 0.3) is 0 Å². The van der Waals surface area contributed by atoms with Gasteiger partial charge in [0.05, 0.1) is 6.20 Å². The summed E-state index contributed by atoms with van der Waals surface area (Å²) in [5, 5.41) is 3.57. The van der Waals surface area contributed by atoms with Gasteiger partial charge in [-0.25, -0.2) is 0 Å². The molecular weight excluding hydrogens is 292 g/mol. The molecule has 0 radical (unpaired) electrons. The number of nitrogens with one attached hydrogen (secondary N) is 1. The van der Waals surface area contributed by atoms with Gasteiger partial charge in [-0.15, -0.1) is 0 Å². The molecule has 2 aliphatic rings. The predicted octanol–water partition coefficient (Wildman–Crippen LogP) is 3.29. The minimum atomic E-state index is 0.0599. The number of aromatic nitrogens is 1. The molecule has 98 valence electrons. The minimum Gasteiger partial charge on any atom is -0.486 e. The highest BCUT2D eigenvalue weighted by atomic mass is 79.9. The highest BCUT2D eigenvalue weighted by molar-refractivity contribution is 9.10. The fraction of sp³-hybridized carbons (Fsp3) is 0.643. The van der Waals surface area contributed by atoms with E-state index in [9.17, 15) is 0 Å². The van der Waals surface area contributed by atoms with Crippen molar-refractivity contribution in [2.24, 2.45) is 0 Å². The van der Waals surface area contributed by atoms with Gasteiger partial charge in [-0.2, -0.15) is 0 Å². The summed E-state index contributed by atoms with van der Waals surface area (Å²) in [5.74, 6) is 0.885. The first kappa shape index (κ1) is 12.4. The topological polar surface area (TPSA) is 34.1 Å². The van der Waals surface area contributed by atoms with E-state index in [4.69, 9.17) is 4.74 Å². The molecule has 3 nitrogen and oxygen atoms in total. The van der Waals surface area contributed by atoms with Crippen LogP contribution in [0.15, 0.2) is 22.9 Å². The lowest BCUT2D eigenvalue weighted by Gasteiger charge is -2.42. The number of nitrogens with zero attached hydrogens (tertiary/aromatic N) is 1. The third-order valence-corrected chi connectivity index (χ3v) is 4.30. The zero-order valence-corrected chi connectivity index (χ0v) is 12.1. The van der Waals surface area contributed by atoms with Crippen molar-refractivity contribution in [3.05, 3.63) is 22.9 Å². The summed E-state index contributed by atoms with van der Waals surface area (Å²) in [6.07, 6.45) is 11.0. The summed E-state index contributed by atoms with van der Waals surface area (Å²) in [7, 11) is 0. The SMILES string of the molecule is Brc1cncc(OC2(CCNC3CC3)CCC2)c1. The van der Waals surface area contributed by atoms with E-state index < -0.39 is 0 Å². The lowest BCUT2D eigenvalue weighted by atomic mass is 9.77. The van der Waals surface area contributed by atoms with Crippen molar-refractivity contribution in [3.8, 4) is 5.75 Å². The van der Waals surface area contributed by atoms with Crippen LogP contribution < -0.4 is 10.1 Å². The first-order chi connectivity index (χ1) is 8.76. The number of ether oxygens (including phenoxy) is 1. The zero-order valence-electron chi connectivity index (χ0n) is 10.5. The first-order valence-electron chi connectivity index (χ1n) is 6.79. The molecule has 2 fully saturated rings. The summed E-state index contributed by atoms with van der Waals surface area (Å²) in [6, 6.07) is 2.79. The molecule has 0 atom stereocenters. The first-order valence-corrected chi connectivity index (χ1v) is 7.58. The Kier molecular flexibility index (Phi) is 3.57. The molecule has 1 N–H and O–H groups in total. The van der Waals surface area contributed by atoms with Crippen molar-refractivity contribution in [3.63, 3.8) is 0 Å². The second-order valence-electron chi connectivity index (χ2n) is 5.46. The highest BCUT2D eigenvalue weighted by Crippen LogP contribution is 2.39. The zero-order chi connectivity index (χ0) is 12.4. The van der Waals surface area contributed by atoms with Gasteiger partial charge in [-0.05, 0) is 67.1 Å². The van der Waals surface area contributed by atoms with Crippen LogP contribution in [0.4, 0.5) is 0 Å². The Morgan fingerprint density at radius 1 is 1.39 bits per heavy atom. The van der Waals surface area contributed by atoms with Crippen molar-refractivity contribution in [2.75, 3.05) is 6.54 Å². The molecule has 1 aromatic rings. The quantitative estimate of drug-likeness (QED) is 0.875. The Labute approximate surface area is 116 Å². The van der Waals surface area contributed by atoms with Gasteiger partial charge in [0.1, 0.15) is 11.4 Å². The monoisotopic (exact) mass is 310 g/mol. The third kappa shape index (κ3) is 3.04. The second-order valence-corrected chi connectivity index (χ2v) is 6.37. The molecule has 0 aliphatic heterocycles. The van der Waals surface area contributed by atoms with Crippen LogP contribution in [-0.2, 0) is 0 Å². The predicted molar refractivity (Wildman–Crippen MR) is 74.8 cm³/mol. The molecule has 0 unspecified atom stereocenters. The molecule has 0 bridgehead atoms. The van der Waals surface area contributed by atoms with Crippen LogP contribution in [0.2, 0.25) is 0 Å². The number of rotatable bonds is 6. The maximum absolute atomic E-state index is 6.19. The fourth-order valence-corrected chi connectivity index (χ4v) is 2.81. The molecule has 0 saturated heterocycles. The second kappa shape index (κ2) is 5.17. The molecule has 4 heteroatoms. The standard InChI is InChI=1S/C14H19BrN2O/c15-11-8-13(10-16-9-11)18-14(4-1-5-14)6-7-17-12-2-3-12/h8-10,12,17H,1-7H2. The van der Waals surface area contributed by atoms with E-state index in [1.54, 1.807) is 12.4 Å². The normalized spacial score (nSPS) is 21.4. The number of hydrogen-bond acceptors (Lipinski definition) is 3. The van der Waals surface area contributed by atoms with E-state index in [1.165, 1.54) is 32.1 Å². The Balaban J connectivity index is 1.56. The molecule has 0 amide bonds. The van der Waals surface area contributed by atoms with Crippen LogP contribution in [-0.4, -0.2) is 23.2 Å². The molecule has 2 saturated carbocycles. The van der Waals surface area contributed by atoms with Gasteiger partial charge in [-0.3, -0.25) is 4.98 Å². The Hall–Kier alpha value is -0.610. The fourth-order valence-electron chi connectivity index (χ4n) is 2.46. The van der Waals surface area contributed by atoms with E-state index in [2.05, 4.69) is 26.2 Å². The maximum Gasteiger partial charge on any atom is 0.139 e. The summed E-state index contributed by atoms with van der Waals surface area (Å²) >= 11 is 3.43. The van der Waals surface area contributed by atoms with Crippen LogP contribution in [0, 0.1) is 0 Å². The number of hydrogen-bond donors (Lipinski definition) is 1. The van der Waals surface area contributed by atoms with Gasteiger partial charge in [0.15, 0.2) is 0 Å². The molecule has 0 aromatic carbocycles. The average Bonchev–Trinajstić information content (AvgIpc) is 3.09. The van der Waals surface area contributed by atoms with Crippen molar-refractivity contribution < 1.29 is 4.74 Å². The summed E-state index contributed by atoms with van der Waals surface area (Å²) in [6.45, 7) is 1.08. The lowest BCUT2D eigenvalue weighted by molar-refractivity contribution is -0.0146. The smallest absolute Gasteiger partial charge is 0.139 e. The summed E-state index contributed by atoms with van der Waals surface area (Å²) in [4.78, 5) is 4.16. The molecule has 3 rings (SSSR count). The Morgan fingerprint density at radius 2 is 2.22 bits per heavy atom. The molecule has 0 spiro atoms. The van der Waals surface area contributed by atoms with E-state index >= 15 is 0 Å². The van der Waals surface area contributed by atoms with Crippen molar-refractivity contribution in [1.82, 2.24) is 10.3 Å². The Morgan fingerprint density at radius 3 is 2.83 bits per heavy atom.